The third kappa shape index (κ3) is 20.9. The molecule has 0 aliphatic carbocycles. The van der Waals surface area contributed by atoms with Gasteiger partial charge in [-0.1, -0.05) is 110 Å². The minimum absolute atomic E-state index is 0.152. The fourth-order valence-electron chi connectivity index (χ4n) is 9.88. The number of nitrogens with zero attached hydrogens (tertiary/aromatic N) is 12. The summed E-state index contributed by atoms with van der Waals surface area (Å²) in [6, 6.07) is 0. The van der Waals surface area contributed by atoms with Crippen molar-refractivity contribution in [3.05, 3.63) is 178 Å². The van der Waals surface area contributed by atoms with Crippen LogP contribution in [-0.4, -0.2) is 170 Å². The molecule has 12 aromatic rings. The maximum atomic E-state index is 11.7. The summed E-state index contributed by atoms with van der Waals surface area (Å²) in [5, 5.41) is 14.7. The molecule has 1 fully saturated rings. The van der Waals surface area contributed by atoms with Gasteiger partial charge in [0.15, 0.2) is 6.29 Å². The number of pyridine rings is 6. The van der Waals surface area contributed by atoms with Crippen LogP contribution in [0.1, 0.15) is 146 Å². The van der Waals surface area contributed by atoms with Crippen LogP contribution in [0.2, 0.25) is 5.02 Å². The van der Waals surface area contributed by atoms with E-state index in [1.54, 1.807) is 58.1 Å². The summed E-state index contributed by atoms with van der Waals surface area (Å²) in [6.45, 7) is 32.6. The first-order chi connectivity index (χ1) is 52.3. The lowest BCUT2D eigenvalue weighted by atomic mass is 9.70. The first-order valence-electron chi connectivity index (χ1n) is 32.4. The number of aldehydes is 1. The number of hydrogen-bond donors (Lipinski definition) is 1. The van der Waals surface area contributed by atoms with Gasteiger partial charge in [-0.05, 0) is 62.3 Å². The monoisotopic (exact) mass is 1610 g/mol. The van der Waals surface area contributed by atoms with Gasteiger partial charge in [0.25, 0.3) is 0 Å². The molecule has 0 aromatic carbocycles. The highest BCUT2D eigenvalue weighted by Gasteiger charge is 2.36. The number of fused-ring (bicyclic) bond motifs is 8. The van der Waals surface area contributed by atoms with Crippen molar-refractivity contribution < 1.29 is 85.5 Å². The van der Waals surface area contributed by atoms with Gasteiger partial charge in [0, 0.05) is 73.7 Å². The van der Waals surface area contributed by atoms with Gasteiger partial charge in [-0.2, -0.15) is 0 Å². The molecule has 2 aliphatic heterocycles. The summed E-state index contributed by atoms with van der Waals surface area (Å²) in [5.74, 6) is 1.54. The van der Waals surface area contributed by atoms with Crippen LogP contribution in [0, 0.1) is 41.5 Å². The largest absolute Gasteiger partial charge is 0.478 e. The second-order valence-corrected chi connectivity index (χ2v) is 29.3. The molecule has 2 aliphatic rings. The minimum atomic E-state index is -1.01. The number of halogens is 1. The Balaban J connectivity index is 0.000000160. The van der Waals surface area contributed by atoms with Gasteiger partial charge < -0.3 is 52.0 Å². The average molecular weight is 1610 g/mol. The van der Waals surface area contributed by atoms with E-state index in [1.807, 2.05) is 41.5 Å². The first kappa shape index (κ1) is 84.6. The Bertz CT molecular complexity index is 5280. The molecule has 0 saturated carbocycles. The number of carboxylic acid groups (broad SMARTS) is 1. The van der Waals surface area contributed by atoms with Gasteiger partial charge >= 0.3 is 57.2 Å². The number of rotatable bonds is 17. The quantitative estimate of drug-likeness (QED) is 0.0383. The second-order valence-electron chi connectivity index (χ2n) is 21.9. The van der Waals surface area contributed by atoms with Gasteiger partial charge in [0.05, 0.1) is 114 Å². The number of thiazole rings is 6. The van der Waals surface area contributed by atoms with E-state index in [1.165, 1.54) is 113 Å². The van der Waals surface area contributed by atoms with E-state index < -0.39 is 45.2 Å². The number of carbonyl (C=O) groups is 7. The third-order valence-electron chi connectivity index (χ3n) is 14.5. The van der Waals surface area contributed by atoms with Crippen LogP contribution in [0.15, 0.2) is 81.4 Å². The van der Waals surface area contributed by atoms with Crippen LogP contribution in [0.25, 0.3) is 68.2 Å². The van der Waals surface area contributed by atoms with Crippen molar-refractivity contribution in [2.45, 2.75) is 82.1 Å². The predicted molar refractivity (Wildman–Crippen MR) is 421 cm³/mol. The maximum absolute atomic E-state index is 11.7. The lowest BCUT2D eigenvalue weighted by Crippen LogP contribution is -2.46. The van der Waals surface area contributed by atoms with Crippen molar-refractivity contribution in [2.24, 2.45) is 0 Å². The van der Waals surface area contributed by atoms with E-state index in [4.69, 9.17) is 63.6 Å². The molecule has 0 spiro atoms. The number of aromatic nitrogens is 12. The number of methoxy groups -OCH3 is 3. The molecular weight excluding hydrogens is 1550 g/mol. The molecule has 14 rings (SSSR count). The molecule has 1 saturated heterocycles. The van der Waals surface area contributed by atoms with Gasteiger partial charge in [0.2, 0.25) is 0 Å². The predicted octanol–water partition coefficient (Wildman–Crippen LogP) is 13.8. The number of hydrogen-bond acceptors (Lipinski definition) is 35. The van der Waals surface area contributed by atoms with E-state index in [-0.39, 0.29) is 47.4 Å². The number of carboxylic acids is 1. The standard InChI is InChI=1S/C12H12N2O2S.C11H12N2O3S.C11H10N2O3S.C10H9ClN2O2S.C10H10N2O3S.C9H6N2O2S.C6H9B3O3/c1-4-8-9(12(15)16-5-2)6-13-11-10(8)14-7(3)17-11;1-6-13-9-8(5-15-2)7(11(14)16-3)4-12-10(9)17-6;1-3-16-11(15)7-4-12-10-9(8(7)5-14)13-6(2)17-10;1-3-15-10(14)6-4-12-9-8(7(6)11)13-5(2)16-9;1-5-12-8-7(4-15-2)6(10(13)14)3-11-9(8)16-5;1-4-11-7-6-3-13-9(12)5(6)2-10-8(7)14-4;1-4-7-10-8(5-2)12-9(6-3)11-7/h4,6H,1,5H2,2-3H3;4H,5H2,1-3H3;4-5H,3H2,1-2H3;4H,3H2,1-2H3;3H,4H2,1-2H3,(H,13,14);2H,3H2,1H3;4-6H,1-3H2. The molecule has 0 amide bonds. The zero-order valence-corrected chi connectivity index (χ0v) is 66.4. The van der Waals surface area contributed by atoms with Crippen LogP contribution in [0.5, 0.6) is 0 Å². The van der Waals surface area contributed by atoms with Crippen LogP contribution in [0.3, 0.4) is 0 Å². The van der Waals surface area contributed by atoms with Crippen molar-refractivity contribution >= 4 is 211 Å². The lowest BCUT2D eigenvalue weighted by Gasteiger charge is -2.26. The molecule has 0 bridgehead atoms. The summed E-state index contributed by atoms with van der Waals surface area (Å²) < 4.78 is 50.0. The Morgan fingerprint density at radius 2 is 0.826 bits per heavy atom. The van der Waals surface area contributed by atoms with E-state index in [9.17, 15) is 33.6 Å². The fraction of sp³-hybridized carbons (Fsp3) is 0.261. The number of aromatic carboxylic acids is 1. The Hall–Kier alpha value is -10.0. The second kappa shape index (κ2) is 39.9. The van der Waals surface area contributed by atoms with Gasteiger partial charge in [0.1, 0.15) is 68.7 Å². The maximum Gasteiger partial charge on any atom is 0.458 e. The van der Waals surface area contributed by atoms with Crippen molar-refractivity contribution in [3.63, 3.8) is 0 Å². The number of aryl methyl sites for hydroxylation is 6. The Morgan fingerprint density at radius 1 is 0.486 bits per heavy atom. The molecule has 0 radical (unpaired) electrons. The van der Waals surface area contributed by atoms with Crippen LogP contribution < -0.4 is 0 Å². The van der Waals surface area contributed by atoms with E-state index in [0.717, 1.165) is 76.4 Å². The SMILES string of the molecule is C=CB1OB(C=C)OB(C=C)O1.C=Cc1c(C(=O)OCC)cnc2sc(C)nc12.CCOC(=O)c1cnc2sc(C)nc2c1C=O.CCOC(=O)c1cnc2sc(C)nc2c1Cl.COCc1c(C(=O)O)cnc2sc(C)nc12.COCc1c(C(=O)OC)cnc2sc(C)nc12.Cc1nc2c3c(cnc2s1)C(=O)OC3. The first-order valence-corrected chi connectivity index (χ1v) is 37.7. The molecule has 1 N–H and O–H groups in total. The zero-order valence-electron chi connectivity index (χ0n) is 60.7. The summed E-state index contributed by atoms with van der Waals surface area (Å²) in [5.41, 5.74) is 9.02. The molecule has 30 nitrogen and oxygen atoms in total. The van der Waals surface area contributed by atoms with E-state index in [2.05, 4.69) is 86.1 Å². The lowest BCUT2D eigenvalue weighted by molar-refractivity contribution is 0.0515. The van der Waals surface area contributed by atoms with Gasteiger partial charge in [-0.25, -0.2) is 88.6 Å². The highest BCUT2D eigenvalue weighted by Crippen LogP contribution is 2.33. The molecule has 14 heterocycles. The molecule has 564 valence electrons. The number of ether oxygens (including phenoxy) is 7. The molecular formula is C69H68B3ClN12O18S6. The van der Waals surface area contributed by atoms with Gasteiger partial charge in [-0.15, -0.1) is 19.7 Å². The molecule has 0 atom stereocenters. The van der Waals surface area contributed by atoms with E-state index >= 15 is 0 Å². The van der Waals surface area contributed by atoms with Crippen LogP contribution in [0.4, 0.5) is 0 Å². The highest BCUT2D eigenvalue weighted by atomic mass is 35.5. The smallest absolute Gasteiger partial charge is 0.458 e. The Kier molecular flexibility index (Phi) is 31.0. The summed E-state index contributed by atoms with van der Waals surface area (Å²) in [4.78, 5) is 135. The van der Waals surface area contributed by atoms with Crippen molar-refractivity contribution in [3.8, 4) is 0 Å². The van der Waals surface area contributed by atoms with Gasteiger partial charge in [-0.3, -0.25) is 4.79 Å². The van der Waals surface area contributed by atoms with E-state index in [0.29, 0.717) is 92.5 Å². The molecule has 40 heteroatoms. The Labute approximate surface area is 653 Å². The topological polar surface area (TPSA) is 387 Å². The number of esters is 5. The summed E-state index contributed by atoms with van der Waals surface area (Å²) in [6.07, 6.45) is 11.0. The fourth-order valence-corrected chi connectivity index (χ4v) is 14.9. The van der Waals surface area contributed by atoms with Crippen molar-refractivity contribution in [1.82, 2.24) is 59.8 Å². The average Bonchev–Trinajstić information content (AvgIpc) is 1.67. The number of cyclic esters (lactones) is 1. The van der Waals surface area contributed by atoms with Crippen LogP contribution in [-0.2, 0) is 66.7 Å². The molecule has 12 aromatic heterocycles. The summed E-state index contributed by atoms with van der Waals surface area (Å²) in [7, 11) is 3.08. The Morgan fingerprint density at radius 3 is 1.23 bits per heavy atom. The molecule has 109 heavy (non-hydrogen) atoms. The summed E-state index contributed by atoms with van der Waals surface area (Å²) >= 11 is 14.9. The van der Waals surface area contributed by atoms with Crippen molar-refractivity contribution in [1.29, 1.82) is 0 Å². The highest BCUT2D eigenvalue weighted by molar-refractivity contribution is 7.19. The third-order valence-corrected chi connectivity index (χ3v) is 20.2. The minimum Gasteiger partial charge on any atom is -0.478 e. The number of carbonyl (C=O) groups excluding carboxylic acids is 6. The zero-order chi connectivity index (χ0) is 79.3. The van der Waals surface area contributed by atoms with Crippen LogP contribution >= 0.6 is 79.6 Å². The normalized spacial score (nSPS) is 11.9. The van der Waals surface area contributed by atoms with Crippen molar-refractivity contribution in [2.75, 3.05) is 41.2 Å². The molecule has 0 unspecified atom stereocenters.